The zero-order chi connectivity index (χ0) is 21.3. The minimum Gasteiger partial charge on any atom is -0.497 e. The molecule has 4 rings (SSSR count). The second kappa shape index (κ2) is 8.17. The molecular weight excluding hydrogens is 372 g/mol. The topological polar surface area (TPSA) is 45.3 Å². The molecule has 1 amide bonds. The molecule has 1 N–H and O–H groups in total. The van der Waals surface area contributed by atoms with Crippen LogP contribution in [0.1, 0.15) is 62.6 Å². The first-order valence-corrected chi connectivity index (χ1v) is 10.9. The van der Waals surface area contributed by atoms with Crippen LogP contribution in [0.15, 0.2) is 48.7 Å². The third-order valence-corrected chi connectivity index (χ3v) is 6.31. The Hall–Kier alpha value is -2.75. The number of aromatic nitrogens is 1. The lowest BCUT2D eigenvalue weighted by Crippen LogP contribution is -2.29. The molecule has 2 aromatic carbocycles. The van der Waals surface area contributed by atoms with Crippen molar-refractivity contribution in [1.82, 2.24) is 9.88 Å². The fourth-order valence-electron chi connectivity index (χ4n) is 4.43. The van der Waals surface area contributed by atoms with Crippen LogP contribution in [0, 0.1) is 0 Å². The van der Waals surface area contributed by atoms with Crippen LogP contribution in [0.3, 0.4) is 0 Å². The number of carbonyl (C=O) groups excluding carboxylic acids is 1. The summed E-state index contributed by atoms with van der Waals surface area (Å²) in [4.78, 5) is 18.5. The third-order valence-electron chi connectivity index (χ3n) is 6.31. The highest BCUT2D eigenvalue weighted by Crippen LogP contribution is 2.36. The van der Waals surface area contributed by atoms with Crippen molar-refractivity contribution in [2.24, 2.45) is 0 Å². The van der Waals surface area contributed by atoms with Crippen molar-refractivity contribution >= 4 is 16.8 Å². The Morgan fingerprint density at radius 1 is 1.10 bits per heavy atom. The number of rotatable bonds is 5. The largest absolute Gasteiger partial charge is 0.497 e. The SMILES string of the molecule is COc1ccc2[nH]cc([C@H](CC(=O)N3CCCC3)c3ccc(C(C)(C)C)cc3)c2c1. The molecule has 3 aromatic rings. The maximum atomic E-state index is 13.1. The van der Waals surface area contributed by atoms with Crippen molar-refractivity contribution in [1.29, 1.82) is 0 Å². The number of benzene rings is 2. The fraction of sp³-hybridized carbons (Fsp3) is 0.423. The quantitative estimate of drug-likeness (QED) is 0.600. The predicted octanol–water partition coefficient (Wildman–Crippen LogP) is 5.62. The Kier molecular flexibility index (Phi) is 5.59. The van der Waals surface area contributed by atoms with Crippen LogP contribution in [0.25, 0.3) is 10.9 Å². The van der Waals surface area contributed by atoms with Gasteiger partial charge in [-0.15, -0.1) is 0 Å². The molecule has 1 aliphatic heterocycles. The molecule has 1 aliphatic rings. The van der Waals surface area contributed by atoms with Gasteiger partial charge in [0, 0.05) is 42.5 Å². The molecule has 158 valence electrons. The number of carbonyl (C=O) groups is 1. The monoisotopic (exact) mass is 404 g/mol. The Morgan fingerprint density at radius 3 is 2.43 bits per heavy atom. The van der Waals surface area contributed by atoms with Crippen molar-refractivity contribution in [2.45, 2.75) is 51.4 Å². The molecule has 4 heteroatoms. The fourth-order valence-corrected chi connectivity index (χ4v) is 4.43. The van der Waals surface area contributed by atoms with E-state index >= 15 is 0 Å². The minimum absolute atomic E-state index is 0.00738. The summed E-state index contributed by atoms with van der Waals surface area (Å²) < 4.78 is 5.46. The zero-order valence-corrected chi connectivity index (χ0v) is 18.5. The smallest absolute Gasteiger partial charge is 0.223 e. The number of fused-ring (bicyclic) bond motifs is 1. The highest BCUT2D eigenvalue weighted by Gasteiger charge is 2.26. The molecule has 0 unspecified atom stereocenters. The lowest BCUT2D eigenvalue weighted by atomic mass is 9.83. The summed E-state index contributed by atoms with van der Waals surface area (Å²) in [6, 6.07) is 14.9. The third kappa shape index (κ3) is 4.09. The molecule has 4 nitrogen and oxygen atoms in total. The van der Waals surface area contributed by atoms with E-state index in [1.807, 2.05) is 17.0 Å². The Bertz CT molecular complexity index is 1020. The molecule has 0 radical (unpaired) electrons. The summed E-state index contributed by atoms with van der Waals surface area (Å²) >= 11 is 0. The first kappa shape index (κ1) is 20.5. The van der Waals surface area contributed by atoms with Crippen LogP contribution in [0.2, 0.25) is 0 Å². The highest BCUT2D eigenvalue weighted by molar-refractivity contribution is 5.87. The number of aromatic amines is 1. The van der Waals surface area contributed by atoms with Gasteiger partial charge < -0.3 is 14.6 Å². The molecule has 1 atom stereocenters. The van der Waals surface area contributed by atoms with Gasteiger partial charge in [0.05, 0.1) is 7.11 Å². The van der Waals surface area contributed by atoms with E-state index in [0.717, 1.165) is 48.1 Å². The number of likely N-dealkylation sites (tertiary alicyclic amines) is 1. The van der Waals surface area contributed by atoms with Gasteiger partial charge in [0.25, 0.3) is 0 Å². The number of nitrogens with zero attached hydrogens (tertiary/aromatic N) is 1. The van der Waals surface area contributed by atoms with Gasteiger partial charge in [-0.1, -0.05) is 45.0 Å². The molecule has 30 heavy (non-hydrogen) atoms. The van der Waals surface area contributed by atoms with E-state index in [1.165, 1.54) is 11.1 Å². The lowest BCUT2D eigenvalue weighted by molar-refractivity contribution is -0.130. The summed E-state index contributed by atoms with van der Waals surface area (Å²) in [6.07, 6.45) is 4.77. The summed E-state index contributed by atoms with van der Waals surface area (Å²) in [7, 11) is 1.69. The number of amides is 1. The van der Waals surface area contributed by atoms with E-state index in [4.69, 9.17) is 4.74 Å². The molecule has 1 saturated heterocycles. The first-order valence-electron chi connectivity index (χ1n) is 10.9. The van der Waals surface area contributed by atoms with E-state index in [0.29, 0.717) is 6.42 Å². The summed E-state index contributed by atoms with van der Waals surface area (Å²) in [5, 5.41) is 1.12. The van der Waals surface area contributed by atoms with Crippen LogP contribution in [-0.4, -0.2) is 36.0 Å². The molecule has 0 bridgehead atoms. The maximum Gasteiger partial charge on any atom is 0.223 e. The number of hydrogen-bond donors (Lipinski definition) is 1. The summed E-state index contributed by atoms with van der Waals surface area (Å²) in [5.74, 6) is 1.08. The molecule has 0 saturated carbocycles. The molecule has 2 heterocycles. The average Bonchev–Trinajstić information content (AvgIpc) is 3.41. The molecular formula is C26H32N2O2. The van der Waals surface area contributed by atoms with Crippen LogP contribution < -0.4 is 4.74 Å². The second-order valence-corrected chi connectivity index (χ2v) is 9.37. The molecule has 0 aliphatic carbocycles. The number of nitrogens with one attached hydrogen (secondary N) is 1. The zero-order valence-electron chi connectivity index (χ0n) is 18.5. The van der Waals surface area contributed by atoms with Gasteiger partial charge in [0.2, 0.25) is 5.91 Å². The van der Waals surface area contributed by atoms with Gasteiger partial charge >= 0.3 is 0 Å². The number of methoxy groups -OCH3 is 1. The highest BCUT2D eigenvalue weighted by atomic mass is 16.5. The minimum atomic E-state index is 0.00738. The summed E-state index contributed by atoms with van der Waals surface area (Å²) in [5.41, 5.74) is 4.81. The number of ether oxygens (including phenoxy) is 1. The molecule has 1 aromatic heterocycles. The van der Waals surface area contributed by atoms with Gasteiger partial charge in [0.1, 0.15) is 5.75 Å². The van der Waals surface area contributed by atoms with Gasteiger partial charge in [-0.25, -0.2) is 0 Å². The molecule has 1 fully saturated rings. The van der Waals surface area contributed by atoms with Crippen LogP contribution in [0.5, 0.6) is 5.75 Å². The second-order valence-electron chi connectivity index (χ2n) is 9.37. The van der Waals surface area contributed by atoms with E-state index in [2.05, 4.69) is 62.3 Å². The first-order chi connectivity index (χ1) is 14.4. The van der Waals surface area contributed by atoms with Crippen LogP contribution >= 0.6 is 0 Å². The van der Waals surface area contributed by atoms with Crippen molar-refractivity contribution in [3.8, 4) is 5.75 Å². The van der Waals surface area contributed by atoms with E-state index < -0.39 is 0 Å². The average molecular weight is 405 g/mol. The van der Waals surface area contributed by atoms with Crippen molar-refractivity contribution in [3.63, 3.8) is 0 Å². The Labute approximate surface area is 179 Å². The van der Waals surface area contributed by atoms with Crippen LogP contribution in [0.4, 0.5) is 0 Å². The van der Waals surface area contributed by atoms with E-state index in [9.17, 15) is 4.79 Å². The van der Waals surface area contributed by atoms with Crippen LogP contribution in [-0.2, 0) is 10.2 Å². The number of H-pyrrole nitrogens is 1. The normalized spacial score (nSPS) is 15.5. The van der Waals surface area contributed by atoms with E-state index in [-0.39, 0.29) is 17.2 Å². The molecule has 0 spiro atoms. The standard InChI is InChI=1S/C26H32N2O2/c1-26(2,3)19-9-7-18(8-10-19)21(16-25(29)28-13-5-6-14-28)23-17-27-24-12-11-20(30-4)15-22(23)24/h7-12,15,17,21,27H,5-6,13-14,16H2,1-4H3/t21-/m1/s1. The Balaban J connectivity index is 1.74. The van der Waals surface area contributed by atoms with Gasteiger partial charge in [-0.2, -0.15) is 0 Å². The van der Waals surface area contributed by atoms with Crippen molar-refractivity contribution in [2.75, 3.05) is 20.2 Å². The summed E-state index contributed by atoms with van der Waals surface area (Å²) in [6.45, 7) is 8.44. The van der Waals surface area contributed by atoms with Crippen molar-refractivity contribution in [3.05, 3.63) is 65.4 Å². The van der Waals surface area contributed by atoms with Crippen molar-refractivity contribution < 1.29 is 9.53 Å². The maximum absolute atomic E-state index is 13.1. The van der Waals surface area contributed by atoms with Gasteiger partial charge in [-0.3, -0.25) is 4.79 Å². The lowest BCUT2D eigenvalue weighted by Gasteiger charge is -2.23. The van der Waals surface area contributed by atoms with E-state index in [1.54, 1.807) is 7.11 Å². The predicted molar refractivity (Wildman–Crippen MR) is 122 cm³/mol. The number of hydrogen-bond acceptors (Lipinski definition) is 2. The van der Waals surface area contributed by atoms with Gasteiger partial charge in [-0.05, 0) is 53.1 Å². The van der Waals surface area contributed by atoms with Gasteiger partial charge in [0.15, 0.2) is 0 Å². The Morgan fingerprint density at radius 2 is 1.80 bits per heavy atom.